The average Bonchev–Trinajstić information content (AvgIpc) is 3.25. The molecular weight excluding hydrogens is 869 g/mol. The number of amides is 8. The molecule has 0 fully saturated rings. The number of hydrogen-bond acceptors (Lipinski definition) is 14. The minimum atomic E-state index is -1.55. The molecule has 0 unspecified atom stereocenters. The molecule has 2 rings (SSSR count). The van der Waals surface area contributed by atoms with Crippen molar-refractivity contribution in [1.82, 2.24) is 31.9 Å². The topological polar surface area (TPSA) is 353 Å². The summed E-state index contributed by atoms with van der Waals surface area (Å²) >= 11 is 5.41. The fraction of sp³-hybridized carbons (Fsp3) is 0.524. The number of aliphatic hydroxyl groups is 2. The lowest BCUT2D eigenvalue weighted by molar-refractivity contribution is -0.134. The SMILES string of the molecule is C[C@H](NC(=O)[C@@H](NC(=O)[C@H](CCCCN)NC(=O)c1ccccc1CSC[C@H](NC(=O)[C@@H](NC(=O)[C@H](CCCCN)NC(=O)c1ccccc1CS)[C@@H](C)O)C(N)=O)[C@@H](C)O)C(N)=O. The van der Waals surface area contributed by atoms with Gasteiger partial charge in [-0.25, -0.2) is 0 Å². The molecule has 0 saturated heterocycles. The van der Waals surface area contributed by atoms with Gasteiger partial charge in [0.05, 0.1) is 12.2 Å². The summed E-state index contributed by atoms with van der Waals surface area (Å²) in [5.74, 6) is -5.95. The van der Waals surface area contributed by atoms with E-state index in [2.05, 4.69) is 44.5 Å². The van der Waals surface area contributed by atoms with E-state index in [4.69, 9.17) is 22.9 Å². The van der Waals surface area contributed by atoms with E-state index in [1.54, 1.807) is 42.5 Å². The van der Waals surface area contributed by atoms with Crippen LogP contribution in [-0.2, 0) is 40.3 Å². The van der Waals surface area contributed by atoms with Crippen LogP contribution < -0.4 is 54.8 Å². The third-order valence-corrected chi connectivity index (χ3v) is 11.4. The minimum absolute atomic E-state index is 0.0961. The molecule has 2 aromatic rings. The maximum absolute atomic E-state index is 13.7. The summed E-state index contributed by atoms with van der Waals surface area (Å²) in [5.41, 5.74) is 23.8. The summed E-state index contributed by atoms with van der Waals surface area (Å²) in [6, 6.07) is 5.49. The fourth-order valence-electron chi connectivity index (χ4n) is 6.18. The lowest BCUT2D eigenvalue weighted by Crippen LogP contribution is -2.59. The first kappa shape index (κ1) is 54.9. The quantitative estimate of drug-likeness (QED) is 0.0317. The van der Waals surface area contributed by atoms with Crippen LogP contribution in [0.2, 0.25) is 0 Å². The van der Waals surface area contributed by atoms with Crippen LogP contribution in [0.15, 0.2) is 48.5 Å². The van der Waals surface area contributed by atoms with E-state index in [9.17, 15) is 48.6 Å². The molecule has 0 saturated carbocycles. The first-order valence-corrected chi connectivity index (χ1v) is 22.7. The van der Waals surface area contributed by atoms with Gasteiger partial charge in [0.15, 0.2) is 0 Å². The van der Waals surface area contributed by atoms with Crippen molar-refractivity contribution >= 4 is 71.6 Å². The van der Waals surface area contributed by atoms with Gasteiger partial charge in [-0.2, -0.15) is 24.4 Å². The third-order valence-electron chi connectivity index (χ3n) is 9.94. The summed E-state index contributed by atoms with van der Waals surface area (Å²) in [6.07, 6.45) is -0.558. The first-order valence-electron chi connectivity index (χ1n) is 20.9. The Morgan fingerprint density at radius 1 is 0.578 bits per heavy atom. The molecule has 16 N–H and O–H groups in total. The highest BCUT2D eigenvalue weighted by atomic mass is 32.2. The van der Waals surface area contributed by atoms with E-state index in [1.165, 1.54) is 26.8 Å². The highest BCUT2D eigenvalue weighted by Gasteiger charge is 2.33. The van der Waals surface area contributed by atoms with Crippen molar-refractivity contribution in [3.8, 4) is 0 Å². The molecule has 354 valence electrons. The molecule has 20 nitrogen and oxygen atoms in total. The molecule has 22 heteroatoms. The number of nitrogens with one attached hydrogen (secondary N) is 6. The van der Waals surface area contributed by atoms with Gasteiger partial charge in [-0.15, -0.1) is 0 Å². The van der Waals surface area contributed by atoms with Crippen LogP contribution in [0.25, 0.3) is 0 Å². The zero-order chi connectivity index (χ0) is 47.9. The molecule has 0 bridgehead atoms. The number of hydrogen-bond donors (Lipinski definition) is 13. The zero-order valence-electron chi connectivity index (χ0n) is 36.3. The number of carbonyl (C=O) groups excluding carboxylic acids is 8. The zero-order valence-corrected chi connectivity index (χ0v) is 38.1. The van der Waals surface area contributed by atoms with Crippen LogP contribution in [0.4, 0.5) is 0 Å². The Morgan fingerprint density at radius 2 is 1.02 bits per heavy atom. The molecular formula is C42H64N10O10S2. The highest BCUT2D eigenvalue weighted by Crippen LogP contribution is 2.19. The van der Waals surface area contributed by atoms with Gasteiger partial charge in [0, 0.05) is 28.4 Å². The van der Waals surface area contributed by atoms with Crippen molar-refractivity contribution < 1.29 is 48.6 Å². The number of thiol groups is 1. The number of rotatable bonds is 29. The monoisotopic (exact) mass is 932 g/mol. The summed E-state index contributed by atoms with van der Waals surface area (Å²) < 4.78 is 0. The summed E-state index contributed by atoms with van der Waals surface area (Å²) in [5, 5.41) is 36.0. The molecule has 2 aromatic carbocycles. The predicted molar refractivity (Wildman–Crippen MR) is 245 cm³/mol. The number of nitrogens with two attached hydrogens (primary N) is 4. The summed E-state index contributed by atoms with van der Waals surface area (Å²) in [4.78, 5) is 104. The molecule has 0 spiro atoms. The van der Waals surface area contributed by atoms with E-state index < -0.39 is 95.7 Å². The second-order valence-electron chi connectivity index (χ2n) is 15.2. The van der Waals surface area contributed by atoms with E-state index in [0.29, 0.717) is 55.5 Å². The highest BCUT2D eigenvalue weighted by molar-refractivity contribution is 7.98. The lowest BCUT2D eigenvalue weighted by Gasteiger charge is -2.26. The van der Waals surface area contributed by atoms with Gasteiger partial charge in [0.2, 0.25) is 35.4 Å². The number of aliphatic hydroxyl groups excluding tert-OH is 2. The fourth-order valence-corrected chi connectivity index (χ4v) is 7.53. The Balaban J connectivity index is 2.19. The largest absolute Gasteiger partial charge is 0.391 e. The van der Waals surface area contributed by atoms with E-state index in [-0.39, 0.29) is 35.7 Å². The third kappa shape index (κ3) is 18.1. The van der Waals surface area contributed by atoms with Gasteiger partial charge < -0.3 is 65.0 Å². The second kappa shape index (κ2) is 28.5. The van der Waals surface area contributed by atoms with Crippen LogP contribution >= 0.6 is 24.4 Å². The molecule has 0 aliphatic heterocycles. The maximum Gasteiger partial charge on any atom is 0.252 e. The van der Waals surface area contributed by atoms with Crippen molar-refractivity contribution in [2.75, 3.05) is 18.8 Å². The predicted octanol–water partition coefficient (Wildman–Crippen LogP) is -1.80. The van der Waals surface area contributed by atoms with Crippen LogP contribution in [-0.4, -0.2) is 125 Å². The molecule has 8 amide bonds. The number of carbonyl (C=O) groups is 8. The van der Waals surface area contributed by atoms with Crippen molar-refractivity contribution in [2.24, 2.45) is 22.9 Å². The second-order valence-corrected chi connectivity index (χ2v) is 16.5. The Bertz CT molecular complexity index is 1910. The van der Waals surface area contributed by atoms with Crippen LogP contribution in [0.1, 0.15) is 91.1 Å². The smallest absolute Gasteiger partial charge is 0.252 e. The normalized spacial score (nSPS) is 14.8. The number of primary amides is 2. The lowest BCUT2D eigenvalue weighted by atomic mass is 10.0. The van der Waals surface area contributed by atoms with Crippen LogP contribution in [0, 0.1) is 0 Å². The van der Waals surface area contributed by atoms with Gasteiger partial charge in [-0.05, 0) is 95.6 Å². The standard InChI is InChI=1S/C42H64N10O10S2/c1-23(35(45)55)47-41(61)33(24(2)53)51-39(59)31(17-9-11-19-44)49-38(58)29-15-7-5-13-27(29)21-64-22-32(36(46)56)50-42(62)34(25(3)54)52-40(60)30(16-8-10-18-43)48-37(57)28-14-6-4-12-26(28)20-63/h4-7,12-15,23-25,30-34,53-54,63H,8-11,16-22,43-44H2,1-3H3,(H2,45,55)(H2,46,56)(H,47,61)(H,48,57)(H,49,58)(H,50,62)(H,51,59)(H,52,60)/t23-,24+,25+,30-,31-,32-,33-,34-/m0/s1. The number of benzene rings is 2. The number of thioether (sulfide) groups is 1. The molecule has 8 atom stereocenters. The molecule has 0 heterocycles. The Morgan fingerprint density at radius 3 is 1.44 bits per heavy atom. The van der Waals surface area contributed by atoms with Gasteiger partial charge in [0.1, 0.15) is 36.3 Å². The Kier molecular flexibility index (Phi) is 24.4. The van der Waals surface area contributed by atoms with Gasteiger partial charge in [0.25, 0.3) is 11.8 Å². The minimum Gasteiger partial charge on any atom is -0.391 e. The van der Waals surface area contributed by atoms with Crippen LogP contribution in [0.3, 0.4) is 0 Å². The van der Waals surface area contributed by atoms with Crippen LogP contribution in [0.5, 0.6) is 0 Å². The molecule has 0 radical (unpaired) electrons. The van der Waals surface area contributed by atoms with E-state index in [1.807, 2.05) is 0 Å². The summed E-state index contributed by atoms with van der Waals surface area (Å²) in [6.45, 7) is 4.54. The maximum atomic E-state index is 13.7. The van der Waals surface area contributed by atoms with E-state index >= 15 is 0 Å². The Hall–Kier alpha value is -5.26. The number of unbranched alkanes of at least 4 members (excludes halogenated alkanes) is 2. The van der Waals surface area contributed by atoms with Crippen molar-refractivity contribution in [3.05, 3.63) is 70.8 Å². The van der Waals surface area contributed by atoms with Crippen molar-refractivity contribution in [1.29, 1.82) is 0 Å². The molecule has 64 heavy (non-hydrogen) atoms. The van der Waals surface area contributed by atoms with Gasteiger partial charge in [-0.1, -0.05) is 36.4 Å². The van der Waals surface area contributed by atoms with Crippen molar-refractivity contribution in [2.45, 2.75) is 119 Å². The Labute approximate surface area is 382 Å². The van der Waals surface area contributed by atoms with Gasteiger partial charge >= 0.3 is 0 Å². The molecule has 0 aliphatic rings. The van der Waals surface area contributed by atoms with Crippen molar-refractivity contribution in [3.63, 3.8) is 0 Å². The molecule has 0 aliphatic carbocycles. The molecule has 0 aromatic heterocycles. The average molecular weight is 933 g/mol. The van der Waals surface area contributed by atoms with Gasteiger partial charge in [-0.3, -0.25) is 38.4 Å². The van der Waals surface area contributed by atoms with E-state index in [0.717, 1.165) is 11.8 Å². The first-order chi connectivity index (χ1) is 30.4. The summed E-state index contributed by atoms with van der Waals surface area (Å²) in [7, 11) is 0.